The molecule has 0 spiro atoms. The summed E-state index contributed by atoms with van der Waals surface area (Å²) in [5, 5.41) is 3.69. The van der Waals surface area contributed by atoms with Gasteiger partial charge in [-0.3, -0.25) is 4.79 Å². The summed E-state index contributed by atoms with van der Waals surface area (Å²) in [5.74, 6) is 0.438. The van der Waals surface area contributed by atoms with Crippen molar-refractivity contribution in [2.45, 2.75) is 6.92 Å². The van der Waals surface area contributed by atoms with Crippen molar-refractivity contribution < 1.29 is 9.53 Å². The van der Waals surface area contributed by atoms with Crippen LogP contribution in [0.4, 0.5) is 11.4 Å². The number of rotatable bonds is 3. The third kappa shape index (κ3) is 2.48. The second-order valence-electron chi connectivity index (χ2n) is 4.84. The molecule has 0 fully saturated rings. The van der Waals surface area contributed by atoms with Crippen LogP contribution in [0.25, 0.3) is 10.2 Å². The Hall–Kier alpha value is -2.60. The van der Waals surface area contributed by atoms with Crippen molar-refractivity contribution in [3.8, 4) is 5.75 Å². The first-order chi connectivity index (χ1) is 10.6. The molecule has 0 saturated carbocycles. The van der Waals surface area contributed by atoms with Gasteiger partial charge in [0.15, 0.2) is 0 Å². The van der Waals surface area contributed by atoms with Crippen LogP contribution in [0.15, 0.2) is 36.5 Å². The Morgan fingerprint density at radius 1 is 1.36 bits per heavy atom. The molecule has 3 aromatic rings. The Kier molecular flexibility index (Phi) is 3.68. The van der Waals surface area contributed by atoms with Gasteiger partial charge in [0.1, 0.15) is 15.5 Å². The Bertz CT molecular complexity index is 858. The highest BCUT2D eigenvalue weighted by Crippen LogP contribution is 2.34. The lowest BCUT2D eigenvalue weighted by Crippen LogP contribution is -2.12. The van der Waals surface area contributed by atoms with Crippen molar-refractivity contribution in [3.63, 3.8) is 0 Å². The Labute approximate surface area is 131 Å². The lowest BCUT2D eigenvalue weighted by atomic mass is 10.1. The predicted octanol–water partition coefficient (Wildman–Crippen LogP) is 3.45. The van der Waals surface area contributed by atoms with E-state index >= 15 is 0 Å². The highest BCUT2D eigenvalue weighted by Gasteiger charge is 2.18. The van der Waals surface area contributed by atoms with Gasteiger partial charge in [0.2, 0.25) is 0 Å². The van der Waals surface area contributed by atoms with Crippen LogP contribution in [0.3, 0.4) is 0 Å². The third-order valence-corrected chi connectivity index (χ3v) is 4.48. The van der Waals surface area contributed by atoms with E-state index in [9.17, 15) is 4.79 Å². The standard InChI is InChI=1S/C16H15N3O2S/c1-9-6-7-18-16-12(9)13(17)14(22-16)15(20)19-10-4-3-5-11(8-10)21-2/h3-8H,17H2,1-2H3,(H,19,20). The first-order valence-corrected chi connectivity index (χ1v) is 7.51. The molecule has 5 nitrogen and oxygen atoms in total. The highest BCUT2D eigenvalue weighted by molar-refractivity contribution is 7.21. The molecule has 0 bridgehead atoms. The number of aromatic nitrogens is 1. The lowest BCUT2D eigenvalue weighted by Gasteiger charge is -2.06. The van der Waals surface area contributed by atoms with Crippen molar-refractivity contribution in [2.75, 3.05) is 18.2 Å². The summed E-state index contributed by atoms with van der Waals surface area (Å²) < 4.78 is 5.15. The van der Waals surface area contributed by atoms with Gasteiger partial charge < -0.3 is 15.8 Å². The molecule has 0 atom stereocenters. The van der Waals surface area contributed by atoms with E-state index in [1.165, 1.54) is 11.3 Å². The van der Waals surface area contributed by atoms with Gasteiger partial charge in [-0.2, -0.15) is 0 Å². The van der Waals surface area contributed by atoms with Crippen molar-refractivity contribution in [1.82, 2.24) is 4.98 Å². The largest absolute Gasteiger partial charge is 0.497 e. The number of carbonyl (C=O) groups is 1. The second kappa shape index (κ2) is 5.65. The van der Waals surface area contributed by atoms with E-state index in [-0.39, 0.29) is 5.91 Å². The van der Waals surface area contributed by atoms with Crippen molar-refractivity contribution in [2.24, 2.45) is 0 Å². The van der Waals surface area contributed by atoms with E-state index in [2.05, 4.69) is 10.3 Å². The predicted molar refractivity (Wildman–Crippen MR) is 89.7 cm³/mol. The zero-order valence-corrected chi connectivity index (χ0v) is 13.0. The van der Waals surface area contributed by atoms with Gasteiger partial charge in [0, 0.05) is 23.3 Å². The molecular weight excluding hydrogens is 298 g/mol. The summed E-state index contributed by atoms with van der Waals surface area (Å²) in [6.07, 6.45) is 1.72. The smallest absolute Gasteiger partial charge is 0.267 e. The zero-order chi connectivity index (χ0) is 15.7. The number of nitrogens with zero attached hydrogens (tertiary/aromatic N) is 1. The second-order valence-corrected chi connectivity index (χ2v) is 5.84. The quantitative estimate of drug-likeness (QED) is 0.776. The summed E-state index contributed by atoms with van der Waals surface area (Å²) in [4.78, 5) is 18.0. The molecule has 0 unspecified atom stereocenters. The number of methoxy groups -OCH3 is 1. The maximum Gasteiger partial charge on any atom is 0.267 e. The number of nitrogens with one attached hydrogen (secondary N) is 1. The van der Waals surface area contributed by atoms with Crippen LogP contribution >= 0.6 is 11.3 Å². The Balaban J connectivity index is 1.95. The van der Waals surface area contributed by atoms with E-state index in [0.717, 1.165) is 15.8 Å². The minimum Gasteiger partial charge on any atom is -0.497 e. The van der Waals surface area contributed by atoms with Gasteiger partial charge in [-0.15, -0.1) is 11.3 Å². The maximum atomic E-state index is 12.5. The number of amides is 1. The molecule has 0 aliphatic rings. The van der Waals surface area contributed by atoms with E-state index in [1.54, 1.807) is 25.4 Å². The SMILES string of the molecule is COc1cccc(NC(=O)c2sc3nccc(C)c3c2N)c1. The molecule has 6 heteroatoms. The number of fused-ring (bicyclic) bond motifs is 1. The van der Waals surface area contributed by atoms with Crippen LogP contribution in [0, 0.1) is 6.92 Å². The molecule has 22 heavy (non-hydrogen) atoms. The van der Waals surface area contributed by atoms with Gasteiger partial charge in [0.25, 0.3) is 5.91 Å². The van der Waals surface area contributed by atoms with Crippen molar-refractivity contribution in [3.05, 3.63) is 47.0 Å². The van der Waals surface area contributed by atoms with E-state index < -0.39 is 0 Å². The third-order valence-electron chi connectivity index (χ3n) is 3.37. The molecule has 0 aliphatic heterocycles. The molecule has 1 aromatic carbocycles. The molecule has 3 N–H and O–H groups in total. The molecule has 2 aromatic heterocycles. The summed E-state index contributed by atoms with van der Waals surface area (Å²) in [7, 11) is 1.58. The fourth-order valence-corrected chi connectivity index (χ4v) is 3.30. The van der Waals surface area contributed by atoms with Crippen molar-refractivity contribution in [1.29, 1.82) is 0 Å². The van der Waals surface area contributed by atoms with Crippen LogP contribution in [0.1, 0.15) is 15.2 Å². The molecule has 3 rings (SSSR count). The first-order valence-electron chi connectivity index (χ1n) is 6.69. The monoisotopic (exact) mass is 313 g/mol. The van der Waals surface area contributed by atoms with Crippen LogP contribution in [-0.4, -0.2) is 18.0 Å². The van der Waals surface area contributed by atoms with E-state index in [1.807, 2.05) is 25.1 Å². The zero-order valence-electron chi connectivity index (χ0n) is 12.2. The number of pyridine rings is 1. The number of ether oxygens (including phenoxy) is 1. The minimum absolute atomic E-state index is 0.242. The normalized spacial score (nSPS) is 10.6. The molecular formula is C16H15N3O2S. The van der Waals surface area contributed by atoms with Gasteiger partial charge in [-0.25, -0.2) is 4.98 Å². The summed E-state index contributed by atoms with van der Waals surface area (Å²) in [6, 6.07) is 9.07. The van der Waals surface area contributed by atoms with Crippen molar-refractivity contribution >= 4 is 38.8 Å². The van der Waals surface area contributed by atoms with Crippen LogP contribution in [0.5, 0.6) is 5.75 Å². The number of benzene rings is 1. The van der Waals surface area contributed by atoms with E-state index in [4.69, 9.17) is 10.5 Å². The lowest BCUT2D eigenvalue weighted by molar-refractivity contribution is 0.103. The number of hydrogen-bond donors (Lipinski definition) is 2. The minimum atomic E-state index is -0.242. The maximum absolute atomic E-state index is 12.5. The fourth-order valence-electron chi connectivity index (χ4n) is 2.26. The number of hydrogen-bond acceptors (Lipinski definition) is 5. The Morgan fingerprint density at radius 3 is 2.91 bits per heavy atom. The van der Waals surface area contributed by atoms with Crippen LogP contribution in [0.2, 0.25) is 0 Å². The van der Waals surface area contributed by atoms with E-state index in [0.29, 0.717) is 22.0 Å². The molecule has 0 saturated heterocycles. The summed E-state index contributed by atoms with van der Waals surface area (Å²) in [5.41, 5.74) is 8.28. The molecule has 112 valence electrons. The number of nitrogen functional groups attached to an aromatic ring is 1. The number of aryl methyl sites for hydroxylation is 1. The highest BCUT2D eigenvalue weighted by atomic mass is 32.1. The summed E-state index contributed by atoms with van der Waals surface area (Å²) in [6.45, 7) is 1.96. The number of anilines is 2. The number of thiophene rings is 1. The average Bonchev–Trinajstić information content (AvgIpc) is 2.86. The fraction of sp³-hybridized carbons (Fsp3) is 0.125. The van der Waals surface area contributed by atoms with Crippen LogP contribution in [-0.2, 0) is 0 Å². The first kappa shape index (κ1) is 14.3. The number of carbonyl (C=O) groups excluding carboxylic acids is 1. The Morgan fingerprint density at radius 2 is 2.18 bits per heavy atom. The molecule has 2 heterocycles. The average molecular weight is 313 g/mol. The molecule has 0 aliphatic carbocycles. The molecule has 1 amide bonds. The van der Waals surface area contributed by atoms with Gasteiger partial charge >= 0.3 is 0 Å². The van der Waals surface area contributed by atoms with Gasteiger partial charge in [-0.05, 0) is 30.7 Å². The number of nitrogens with two attached hydrogens (primary N) is 1. The summed E-state index contributed by atoms with van der Waals surface area (Å²) >= 11 is 1.30. The van der Waals surface area contributed by atoms with Crippen LogP contribution < -0.4 is 15.8 Å². The topological polar surface area (TPSA) is 77.2 Å². The molecule has 0 radical (unpaired) electrons. The van der Waals surface area contributed by atoms with Gasteiger partial charge in [-0.1, -0.05) is 6.07 Å². The van der Waals surface area contributed by atoms with Gasteiger partial charge in [0.05, 0.1) is 12.8 Å².